The third kappa shape index (κ3) is 3.40. The fourth-order valence-corrected chi connectivity index (χ4v) is 4.36. The summed E-state index contributed by atoms with van der Waals surface area (Å²) in [5.41, 5.74) is 0. The Morgan fingerprint density at radius 2 is 2.12 bits per heavy atom. The zero-order chi connectivity index (χ0) is 12.3. The molecule has 0 spiro atoms. The lowest BCUT2D eigenvalue weighted by molar-refractivity contribution is 0.107. The number of piperidine rings is 1. The van der Waals surface area contributed by atoms with Crippen molar-refractivity contribution in [2.24, 2.45) is 0 Å². The standard InChI is InChI=1S/C11H22N2O3S/c1-16-10-5-4-9(7-10)13-17(14,15)11-3-2-6-12-8-11/h9-13H,2-8H2,1H3. The van der Waals surface area contributed by atoms with Crippen molar-refractivity contribution in [2.45, 2.75) is 49.5 Å². The zero-order valence-electron chi connectivity index (χ0n) is 10.3. The van der Waals surface area contributed by atoms with Crippen LogP contribution >= 0.6 is 0 Å². The molecule has 1 saturated carbocycles. The smallest absolute Gasteiger partial charge is 0.215 e. The van der Waals surface area contributed by atoms with Crippen molar-refractivity contribution in [1.29, 1.82) is 0 Å². The molecule has 2 N–H and O–H groups in total. The molecule has 1 aliphatic carbocycles. The average molecular weight is 262 g/mol. The van der Waals surface area contributed by atoms with Gasteiger partial charge < -0.3 is 10.1 Å². The van der Waals surface area contributed by atoms with E-state index in [4.69, 9.17) is 4.74 Å². The maximum atomic E-state index is 12.1. The van der Waals surface area contributed by atoms with Crippen LogP contribution in [0.2, 0.25) is 0 Å². The topological polar surface area (TPSA) is 67.4 Å². The Balaban J connectivity index is 1.88. The predicted octanol–water partition coefficient (Wildman–Crippen LogP) is 0.225. The van der Waals surface area contributed by atoms with Crippen LogP contribution in [0.3, 0.4) is 0 Å². The fourth-order valence-electron chi connectivity index (χ4n) is 2.67. The monoisotopic (exact) mass is 262 g/mol. The predicted molar refractivity (Wildman–Crippen MR) is 66.4 cm³/mol. The summed E-state index contributed by atoms with van der Waals surface area (Å²) in [6.45, 7) is 1.51. The van der Waals surface area contributed by atoms with Gasteiger partial charge in [0, 0.05) is 19.7 Å². The Morgan fingerprint density at radius 3 is 2.71 bits per heavy atom. The molecule has 0 amide bonds. The largest absolute Gasteiger partial charge is 0.381 e. The second kappa shape index (κ2) is 5.65. The van der Waals surface area contributed by atoms with E-state index < -0.39 is 10.0 Å². The Kier molecular flexibility index (Phi) is 4.41. The minimum Gasteiger partial charge on any atom is -0.381 e. The van der Waals surface area contributed by atoms with E-state index in [9.17, 15) is 8.42 Å². The van der Waals surface area contributed by atoms with Crippen molar-refractivity contribution in [2.75, 3.05) is 20.2 Å². The van der Waals surface area contributed by atoms with Gasteiger partial charge in [0.1, 0.15) is 0 Å². The molecule has 100 valence electrons. The van der Waals surface area contributed by atoms with Crippen LogP contribution in [-0.4, -0.2) is 46.0 Å². The third-order valence-electron chi connectivity index (χ3n) is 3.74. The first kappa shape index (κ1) is 13.3. The number of rotatable bonds is 4. The number of methoxy groups -OCH3 is 1. The van der Waals surface area contributed by atoms with Crippen LogP contribution in [-0.2, 0) is 14.8 Å². The Labute approximate surface area is 103 Å². The van der Waals surface area contributed by atoms with Gasteiger partial charge in [-0.25, -0.2) is 13.1 Å². The van der Waals surface area contributed by atoms with Gasteiger partial charge in [-0.3, -0.25) is 0 Å². The lowest BCUT2D eigenvalue weighted by Gasteiger charge is -2.24. The van der Waals surface area contributed by atoms with E-state index in [-0.39, 0.29) is 17.4 Å². The number of sulfonamides is 1. The van der Waals surface area contributed by atoms with Gasteiger partial charge >= 0.3 is 0 Å². The molecule has 1 heterocycles. The van der Waals surface area contributed by atoms with Crippen LogP contribution in [0.1, 0.15) is 32.1 Å². The van der Waals surface area contributed by atoms with Crippen LogP contribution in [0.4, 0.5) is 0 Å². The minimum atomic E-state index is -3.17. The van der Waals surface area contributed by atoms with Gasteiger partial charge in [0.15, 0.2) is 0 Å². The molecule has 2 aliphatic rings. The van der Waals surface area contributed by atoms with E-state index in [1.165, 1.54) is 0 Å². The molecular formula is C11H22N2O3S. The summed E-state index contributed by atoms with van der Waals surface area (Å²) in [4.78, 5) is 0. The van der Waals surface area contributed by atoms with E-state index in [1.807, 2.05) is 0 Å². The van der Waals surface area contributed by atoms with Crippen LogP contribution < -0.4 is 10.0 Å². The van der Waals surface area contributed by atoms with Crippen LogP contribution in [0.15, 0.2) is 0 Å². The molecule has 0 aromatic rings. The van der Waals surface area contributed by atoms with E-state index in [1.54, 1.807) is 7.11 Å². The number of hydrogen-bond donors (Lipinski definition) is 2. The maximum Gasteiger partial charge on any atom is 0.215 e. The van der Waals surface area contributed by atoms with Gasteiger partial charge in [-0.1, -0.05) is 0 Å². The van der Waals surface area contributed by atoms with Gasteiger partial charge in [-0.15, -0.1) is 0 Å². The second-order valence-electron chi connectivity index (χ2n) is 5.00. The SMILES string of the molecule is COC1CCC(NS(=O)(=O)C2CCCNC2)C1. The molecular weight excluding hydrogens is 240 g/mol. The second-order valence-corrected chi connectivity index (χ2v) is 6.99. The molecule has 1 saturated heterocycles. The molecule has 0 aromatic carbocycles. The summed E-state index contributed by atoms with van der Waals surface area (Å²) in [6, 6.07) is 0.0619. The summed E-state index contributed by atoms with van der Waals surface area (Å²) in [7, 11) is -1.48. The van der Waals surface area contributed by atoms with Crippen molar-refractivity contribution < 1.29 is 13.2 Å². The van der Waals surface area contributed by atoms with Crippen molar-refractivity contribution in [1.82, 2.24) is 10.0 Å². The Hall–Kier alpha value is -0.170. The van der Waals surface area contributed by atoms with Gasteiger partial charge in [-0.2, -0.15) is 0 Å². The maximum absolute atomic E-state index is 12.1. The van der Waals surface area contributed by atoms with Crippen molar-refractivity contribution in [3.63, 3.8) is 0 Å². The van der Waals surface area contributed by atoms with E-state index in [0.29, 0.717) is 6.54 Å². The molecule has 2 fully saturated rings. The molecule has 6 heteroatoms. The van der Waals surface area contributed by atoms with Crippen LogP contribution in [0.25, 0.3) is 0 Å². The molecule has 1 aliphatic heterocycles. The van der Waals surface area contributed by atoms with Crippen molar-refractivity contribution in [3.8, 4) is 0 Å². The zero-order valence-corrected chi connectivity index (χ0v) is 11.1. The molecule has 2 rings (SSSR count). The van der Waals surface area contributed by atoms with Crippen LogP contribution in [0.5, 0.6) is 0 Å². The Bertz CT molecular complexity index is 339. The first-order chi connectivity index (χ1) is 8.12. The highest BCUT2D eigenvalue weighted by molar-refractivity contribution is 7.90. The summed E-state index contributed by atoms with van der Waals surface area (Å²) in [5.74, 6) is 0. The highest BCUT2D eigenvalue weighted by Gasteiger charge is 2.32. The highest BCUT2D eigenvalue weighted by atomic mass is 32.2. The Morgan fingerprint density at radius 1 is 1.29 bits per heavy atom. The summed E-state index contributed by atoms with van der Waals surface area (Å²) in [6.07, 6.45) is 4.56. The molecule has 17 heavy (non-hydrogen) atoms. The number of nitrogens with one attached hydrogen (secondary N) is 2. The van der Waals surface area contributed by atoms with Crippen molar-refractivity contribution >= 4 is 10.0 Å². The van der Waals surface area contributed by atoms with E-state index in [0.717, 1.165) is 38.6 Å². The summed E-state index contributed by atoms with van der Waals surface area (Å²) >= 11 is 0. The average Bonchev–Trinajstić information content (AvgIpc) is 2.77. The quantitative estimate of drug-likeness (QED) is 0.761. The van der Waals surface area contributed by atoms with Crippen molar-refractivity contribution in [3.05, 3.63) is 0 Å². The highest BCUT2D eigenvalue weighted by Crippen LogP contribution is 2.23. The molecule has 5 nitrogen and oxygen atoms in total. The molecule has 0 radical (unpaired) electrons. The fraction of sp³-hybridized carbons (Fsp3) is 1.00. The summed E-state index contributed by atoms with van der Waals surface area (Å²) < 4.78 is 32.4. The molecule has 0 aromatic heterocycles. The van der Waals surface area contributed by atoms with Crippen LogP contribution in [0, 0.1) is 0 Å². The molecule has 3 unspecified atom stereocenters. The summed E-state index contributed by atoms with van der Waals surface area (Å²) in [5, 5.41) is 2.88. The van der Waals surface area contributed by atoms with Gasteiger partial charge in [0.05, 0.1) is 11.4 Å². The minimum absolute atomic E-state index is 0.0619. The van der Waals surface area contributed by atoms with Gasteiger partial charge in [0.25, 0.3) is 0 Å². The van der Waals surface area contributed by atoms with Gasteiger partial charge in [0.2, 0.25) is 10.0 Å². The van der Waals surface area contributed by atoms with E-state index >= 15 is 0 Å². The van der Waals surface area contributed by atoms with Gasteiger partial charge in [-0.05, 0) is 38.6 Å². The lowest BCUT2D eigenvalue weighted by atomic mass is 10.2. The first-order valence-electron chi connectivity index (χ1n) is 6.36. The lowest BCUT2D eigenvalue weighted by Crippen LogP contribution is -2.46. The third-order valence-corrected chi connectivity index (χ3v) is 5.68. The molecule has 3 atom stereocenters. The first-order valence-corrected chi connectivity index (χ1v) is 7.91. The van der Waals surface area contributed by atoms with E-state index in [2.05, 4.69) is 10.0 Å². The number of ether oxygens (including phenoxy) is 1. The number of hydrogen-bond acceptors (Lipinski definition) is 4. The normalized spacial score (nSPS) is 35.0. The molecule has 0 bridgehead atoms.